The van der Waals surface area contributed by atoms with Gasteiger partial charge in [0.1, 0.15) is 0 Å². The van der Waals surface area contributed by atoms with E-state index in [2.05, 4.69) is 15.5 Å². The molecule has 0 unspecified atom stereocenters. The van der Waals surface area contributed by atoms with Gasteiger partial charge in [-0.15, -0.1) is 11.8 Å². The summed E-state index contributed by atoms with van der Waals surface area (Å²) in [5.41, 5.74) is 0. The molecule has 0 bridgehead atoms. The number of hydrogen-bond acceptors (Lipinski definition) is 6. The molecule has 0 aliphatic carbocycles. The summed E-state index contributed by atoms with van der Waals surface area (Å²) in [6, 6.07) is 0. The molecule has 0 fully saturated rings. The Kier molecular flexibility index (Phi) is 4.77. The topological polar surface area (TPSA) is 105 Å². The number of aliphatic carboxylic acids is 1. The minimum absolute atomic E-state index is 0.0902. The van der Waals surface area contributed by atoms with Crippen LogP contribution < -0.4 is 5.32 Å². The first kappa shape index (κ1) is 12.5. The highest BCUT2D eigenvalue weighted by Gasteiger charge is 2.06. The van der Waals surface area contributed by atoms with E-state index in [4.69, 9.17) is 9.63 Å². The molecule has 1 amide bonds. The van der Waals surface area contributed by atoms with Crippen LogP contribution in [-0.2, 0) is 16.1 Å². The molecule has 1 aromatic rings. The Bertz CT molecular complexity index is 379. The van der Waals surface area contributed by atoms with Gasteiger partial charge in [0, 0.05) is 0 Å². The lowest BCUT2D eigenvalue weighted by Gasteiger charge is -2.00. The van der Waals surface area contributed by atoms with E-state index in [9.17, 15) is 9.59 Å². The maximum Gasteiger partial charge on any atom is 0.313 e. The third kappa shape index (κ3) is 4.78. The highest BCUT2D eigenvalue weighted by atomic mass is 32.2. The lowest BCUT2D eigenvalue weighted by atomic mass is 10.6. The Labute approximate surface area is 95.6 Å². The van der Waals surface area contributed by atoms with E-state index >= 15 is 0 Å². The van der Waals surface area contributed by atoms with Gasteiger partial charge >= 0.3 is 5.97 Å². The molecule has 16 heavy (non-hydrogen) atoms. The van der Waals surface area contributed by atoms with Crippen LogP contribution in [0, 0.1) is 6.92 Å². The van der Waals surface area contributed by atoms with Crippen molar-refractivity contribution in [2.45, 2.75) is 13.5 Å². The molecule has 0 aliphatic heterocycles. The van der Waals surface area contributed by atoms with Crippen molar-refractivity contribution in [3.8, 4) is 0 Å². The Morgan fingerprint density at radius 1 is 1.50 bits per heavy atom. The van der Waals surface area contributed by atoms with Gasteiger partial charge in [-0.25, -0.2) is 0 Å². The first-order valence-electron chi connectivity index (χ1n) is 4.43. The van der Waals surface area contributed by atoms with Crippen molar-refractivity contribution in [3.05, 3.63) is 11.7 Å². The zero-order chi connectivity index (χ0) is 12.0. The van der Waals surface area contributed by atoms with Crippen LogP contribution in [0.15, 0.2) is 4.52 Å². The average molecular weight is 245 g/mol. The molecule has 88 valence electrons. The number of carbonyl (C=O) groups excluding carboxylic acids is 1. The normalized spacial score (nSPS) is 10.1. The molecular formula is C8H11N3O4S. The van der Waals surface area contributed by atoms with Crippen LogP contribution in [0.5, 0.6) is 0 Å². The lowest BCUT2D eigenvalue weighted by Crippen LogP contribution is -2.25. The van der Waals surface area contributed by atoms with Crippen molar-refractivity contribution in [2.75, 3.05) is 11.5 Å². The number of aromatic nitrogens is 2. The van der Waals surface area contributed by atoms with Gasteiger partial charge < -0.3 is 14.9 Å². The number of carbonyl (C=O) groups is 2. The molecule has 1 heterocycles. The Balaban J connectivity index is 2.17. The molecular weight excluding hydrogens is 234 g/mol. The predicted octanol–water partition coefficient (Wildman–Crippen LogP) is -0.188. The van der Waals surface area contributed by atoms with E-state index in [1.165, 1.54) is 0 Å². The lowest BCUT2D eigenvalue weighted by molar-refractivity contribution is -0.133. The molecule has 0 aliphatic rings. The molecule has 8 heteroatoms. The summed E-state index contributed by atoms with van der Waals surface area (Å²) in [4.78, 5) is 25.3. The summed E-state index contributed by atoms with van der Waals surface area (Å²) >= 11 is 1.03. The molecule has 1 aromatic heterocycles. The van der Waals surface area contributed by atoms with Crippen LogP contribution >= 0.6 is 11.8 Å². The number of nitrogens with one attached hydrogen (secondary N) is 1. The zero-order valence-corrected chi connectivity index (χ0v) is 9.41. The van der Waals surface area contributed by atoms with Crippen molar-refractivity contribution >= 4 is 23.6 Å². The molecule has 0 spiro atoms. The Morgan fingerprint density at radius 3 is 2.81 bits per heavy atom. The fraction of sp³-hybridized carbons (Fsp3) is 0.500. The van der Waals surface area contributed by atoms with Crippen LogP contribution in [0.2, 0.25) is 0 Å². The fourth-order valence-electron chi connectivity index (χ4n) is 0.868. The van der Waals surface area contributed by atoms with Gasteiger partial charge in [-0.1, -0.05) is 5.16 Å². The van der Waals surface area contributed by atoms with Crippen molar-refractivity contribution in [1.82, 2.24) is 15.5 Å². The second-order valence-electron chi connectivity index (χ2n) is 2.90. The Morgan fingerprint density at radius 2 is 2.25 bits per heavy atom. The Hall–Kier alpha value is -1.57. The van der Waals surface area contributed by atoms with Gasteiger partial charge in [-0.3, -0.25) is 9.59 Å². The standard InChI is InChI=1S/C8H11N3O4S/c1-5-10-7(15-11-5)2-9-6(12)3-16-4-8(13)14/h2-4H2,1H3,(H,9,12)(H,13,14). The highest BCUT2D eigenvalue weighted by molar-refractivity contribution is 8.00. The zero-order valence-electron chi connectivity index (χ0n) is 8.60. The number of thioether (sulfide) groups is 1. The summed E-state index contributed by atoms with van der Waals surface area (Å²) in [6.45, 7) is 1.84. The third-order valence-electron chi connectivity index (χ3n) is 1.47. The summed E-state index contributed by atoms with van der Waals surface area (Å²) in [5, 5.41) is 14.4. The summed E-state index contributed by atoms with van der Waals surface area (Å²) < 4.78 is 4.78. The molecule has 2 N–H and O–H groups in total. The van der Waals surface area contributed by atoms with Gasteiger partial charge in [-0.2, -0.15) is 4.98 Å². The molecule has 0 saturated heterocycles. The maximum absolute atomic E-state index is 11.2. The quantitative estimate of drug-likeness (QED) is 0.715. The van der Waals surface area contributed by atoms with Crippen LogP contribution in [-0.4, -0.2) is 38.6 Å². The number of carboxylic acids is 1. The van der Waals surface area contributed by atoms with Crippen molar-refractivity contribution < 1.29 is 19.2 Å². The van der Waals surface area contributed by atoms with Crippen LogP contribution in [0.1, 0.15) is 11.7 Å². The first-order chi connectivity index (χ1) is 7.58. The van der Waals surface area contributed by atoms with Gasteiger partial charge in [0.05, 0.1) is 18.1 Å². The number of aryl methyl sites for hydroxylation is 1. The SMILES string of the molecule is Cc1noc(CNC(=O)CSCC(=O)O)n1. The second kappa shape index (κ2) is 6.11. The molecule has 1 rings (SSSR count). The van der Waals surface area contributed by atoms with Gasteiger partial charge in [-0.05, 0) is 6.92 Å². The molecule has 0 saturated carbocycles. The van der Waals surface area contributed by atoms with Gasteiger partial charge in [0.2, 0.25) is 11.8 Å². The van der Waals surface area contributed by atoms with Crippen molar-refractivity contribution in [3.63, 3.8) is 0 Å². The smallest absolute Gasteiger partial charge is 0.313 e. The molecule has 0 aromatic carbocycles. The summed E-state index contributed by atoms with van der Waals surface area (Å²) in [5.74, 6) is -0.363. The number of nitrogens with zero attached hydrogens (tertiary/aromatic N) is 2. The number of hydrogen-bond donors (Lipinski definition) is 2. The maximum atomic E-state index is 11.2. The van der Waals surface area contributed by atoms with E-state index in [1.54, 1.807) is 6.92 Å². The van der Waals surface area contributed by atoms with Gasteiger partial charge in [0.15, 0.2) is 5.82 Å². The van der Waals surface area contributed by atoms with Crippen LogP contribution in [0.4, 0.5) is 0 Å². The highest BCUT2D eigenvalue weighted by Crippen LogP contribution is 1.99. The second-order valence-corrected chi connectivity index (χ2v) is 3.88. The first-order valence-corrected chi connectivity index (χ1v) is 5.59. The minimum atomic E-state index is -0.940. The molecule has 0 atom stereocenters. The predicted molar refractivity (Wildman–Crippen MR) is 55.8 cm³/mol. The van der Waals surface area contributed by atoms with E-state index in [1.807, 2.05) is 0 Å². The van der Waals surface area contributed by atoms with Crippen molar-refractivity contribution in [2.24, 2.45) is 0 Å². The molecule has 7 nitrogen and oxygen atoms in total. The number of carboxylic acid groups (broad SMARTS) is 1. The number of rotatable bonds is 6. The van der Waals surface area contributed by atoms with E-state index < -0.39 is 5.97 Å². The summed E-state index contributed by atoms with van der Waals surface area (Å²) in [7, 11) is 0. The van der Waals surface area contributed by atoms with Crippen LogP contribution in [0.3, 0.4) is 0 Å². The average Bonchev–Trinajstić information content (AvgIpc) is 2.61. The van der Waals surface area contributed by atoms with Crippen molar-refractivity contribution in [1.29, 1.82) is 0 Å². The minimum Gasteiger partial charge on any atom is -0.481 e. The van der Waals surface area contributed by atoms with E-state index in [0.29, 0.717) is 11.7 Å². The van der Waals surface area contributed by atoms with E-state index in [-0.39, 0.29) is 24.0 Å². The summed E-state index contributed by atoms with van der Waals surface area (Å²) in [6.07, 6.45) is 0. The van der Waals surface area contributed by atoms with Gasteiger partial charge in [0.25, 0.3) is 0 Å². The number of amides is 1. The van der Waals surface area contributed by atoms with E-state index in [0.717, 1.165) is 11.8 Å². The third-order valence-corrected chi connectivity index (χ3v) is 2.38. The molecule has 0 radical (unpaired) electrons. The fourth-order valence-corrected chi connectivity index (χ4v) is 1.43. The monoisotopic (exact) mass is 245 g/mol. The largest absolute Gasteiger partial charge is 0.481 e. The van der Waals surface area contributed by atoms with Crippen LogP contribution in [0.25, 0.3) is 0 Å².